The van der Waals surface area contributed by atoms with Crippen molar-refractivity contribution in [2.24, 2.45) is 5.92 Å². The first kappa shape index (κ1) is 15.6. The number of hydrogen-bond acceptors (Lipinski definition) is 4. The second-order valence-electron chi connectivity index (χ2n) is 4.99. The Balaban J connectivity index is 2.53. The Morgan fingerprint density at radius 3 is 2.67 bits per heavy atom. The Morgan fingerprint density at radius 1 is 1.28 bits per heavy atom. The molecule has 0 aliphatic carbocycles. The van der Waals surface area contributed by atoms with Crippen molar-refractivity contribution in [3.63, 3.8) is 0 Å². The third-order valence-electron chi connectivity index (χ3n) is 3.49. The van der Waals surface area contributed by atoms with Crippen LogP contribution in [0.1, 0.15) is 71.0 Å². The largest absolute Gasteiger partial charge is 0.309 e. The monoisotopic (exact) mass is 269 g/mol. The van der Waals surface area contributed by atoms with Crippen molar-refractivity contribution in [3.05, 3.63) is 11.9 Å². The first-order valence-electron chi connectivity index (χ1n) is 7.32. The summed E-state index contributed by atoms with van der Waals surface area (Å²) in [5, 5.41) is 3.62. The van der Waals surface area contributed by atoms with Crippen LogP contribution in [-0.2, 0) is 0 Å². The van der Waals surface area contributed by atoms with E-state index in [0.29, 0.717) is 6.04 Å². The third kappa shape index (κ3) is 5.44. The maximum absolute atomic E-state index is 4.41. The highest BCUT2D eigenvalue weighted by molar-refractivity contribution is 6.99. The van der Waals surface area contributed by atoms with E-state index in [1.165, 1.54) is 50.3 Å². The lowest BCUT2D eigenvalue weighted by Gasteiger charge is -2.22. The van der Waals surface area contributed by atoms with Gasteiger partial charge in [-0.3, -0.25) is 0 Å². The molecule has 3 nitrogen and oxygen atoms in total. The smallest absolute Gasteiger partial charge is 0.0912 e. The average Bonchev–Trinajstić information content (AvgIpc) is 2.92. The number of nitrogens with one attached hydrogen (secondary N) is 1. The lowest BCUT2D eigenvalue weighted by Crippen LogP contribution is -2.24. The summed E-state index contributed by atoms with van der Waals surface area (Å²) in [6.45, 7) is 7.84. The maximum Gasteiger partial charge on any atom is 0.0912 e. The fourth-order valence-electron chi connectivity index (χ4n) is 2.27. The molecule has 0 aliphatic rings. The highest BCUT2D eigenvalue weighted by Crippen LogP contribution is 2.26. The molecule has 2 atom stereocenters. The summed E-state index contributed by atoms with van der Waals surface area (Å²) < 4.78 is 8.54. The van der Waals surface area contributed by atoms with Gasteiger partial charge in [-0.15, -0.1) is 0 Å². The van der Waals surface area contributed by atoms with E-state index in [-0.39, 0.29) is 0 Å². The Hall–Kier alpha value is -0.480. The molecule has 0 radical (unpaired) electrons. The lowest BCUT2D eigenvalue weighted by atomic mass is 9.91. The van der Waals surface area contributed by atoms with Crippen LogP contribution in [0.15, 0.2) is 6.20 Å². The van der Waals surface area contributed by atoms with E-state index in [1.54, 1.807) is 0 Å². The minimum atomic E-state index is 0.394. The predicted molar refractivity (Wildman–Crippen MR) is 78.9 cm³/mol. The zero-order valence-corrected chi connectivity index (χ0v) is 12.8. The Kier molecular flexibility index (Phi) is 8.18. The van der Waals surface area contributed by atoms with Gasteiger partial charge in [0.15, 0.2) is 0 Å². The van der Waals surface area contributed by atoms with Crippen molar-refractivity contribution in [2.45, 2.75) is 65.3 Å². The van der Waals surface area contributed by atoms with Crippen LogP contribution < -0.4 is 5.32 Å². The highest BCUT2D eigenvalue weighted by Gasteiger charge is 2.18. The normalized spacial score (nSPS) is 14.6. The Morgan fingerprint density at radius 2 is 2.11 bits per heavy atom. The second-order valence-corrected chi connectivity index (χ2v) is 5.55. The molecule has 1 rings (SSSR count). The molecule has 0 aliphatic heterocycles. The topological polar surface area (TPSA) is 37.8 Å². The molecule has 0 spiro atoms. The first-order chi connectivity index (χ1) is 8.81. The van der Waals surface area contributed by atoms with Crippen molar-refractivity contribution in [1.29, 1.82) is 0 Å². The molecule has 2 unspecified atom stereocenters. The summed E-state index contributed by atoms with van der Waals surface area (Å²) in [6, 6.07) is 0.394. The van der Waals surface area contributed by atoms with Gasteiger partial charge < -0.3 is 5.32 Å². The third-order valence-corrected chi connectivity index (χ3v) is 3.98. The van der Waals surface area contributed by atoms with Crippen LogP contribution in [0.3, 0.4) is 0 Å². The van der Waals surface area contributed by atoms with Gasteiger partial charge in [0.05, 0.1) is 29.7 Å². The number of unbranched alkanes of at least 4 members (excludes halogenated alkanes) is 1. The molecule has 0 saturated heterocycles. The van der Waals surface area contributed by atoms with E-state index >= 15 is 0 Å². The number of nitrogens with zero attached hydrogens (tertiary/aromatic N) is 2. The summed E-state index contributed by atoms with van der Waals surface area (Å²) in [5.74, 6) is 0.806. The van der Waals surface area contributed by atoms with Crippen molar-refractivity contribution >= 4 is 11.7 Å². The highest BCUT2D eigenvalue weighted by atomic mass is 32.1. The van der Waals surface area contributed by atoms with Crippen molar-refractivity contribution in [1.82, 2.24) is 14.1 Å². The molecule has 1 N–H and O–H groups in total. The molecule has 0 bridgehead atoms. The summed E-state index contributed by atoms with van der Waals surface area (Å²) in [4.78, 5) is 0. The van der Waals surface area contributed by atoms with Crippen LogP contribution in [0, 0.1) is 5.92 Å². The molecule has 0 amide bonds. The van der Waals surface area contributed by atoms with Gasteiger partial charge in [-0.1, -0.05) is 46.5 Å². The fraction of sp³-hybridized carbons (Fsp3) is 0.857. The van der Waals surface area contributed by atoms with Gasteiger partial charge in [-0.2, -0.15) is 8.75 Å². The molecule has 4 heteroatoms. The minimum Gasteiger partial charge on any atom is -0.309 e. The van der Waals surface area contributed by atoms with Gasteiger partial charge in [-0.05, 0) is 25.3 Å². The quantitative estimate of drug-likeness (QED) is 0.692. The zero-order chi connectivity index (χ0) is 13.2. The predicted octanol–water partition coefficient (Wildman–Crippen LogP) is 4.19. The van der Waals surface area contributed by atoms with Crippen molar-refractivity contribution in [2.75, 3.05) is 6.54 Å². The zero-order valence-electron chi connectivity index (χ0n) is 12.0. The second kappa shape index (κ2) is 9.45. The Labute approximate surface area is 116 Å². The van der Waals surface area contributed by atoms with Crippen LogP contribution >= 0.6 is 11.7 Å². The van der Waals surface area contributed by atoms with E-state index in [9.17, 15) is 0 Å². The van der Waals surface area contributed by atoms with Crippen LogP contribution in [0.5, 0.6) is 0 Å². The molecule has 0 fully saturated rings. The van der Waals surface area contributed by atoms with E-state index < -0.39 is 0 Å². The number of hydrogen-bond donors (Lipinski definition) is 1. The molecule has 1 aromatic heterocycles. The molecule has 1 heterocycles. The average molecular weight is 269 g/mol. The van der Waals surface area contributed by atoms with Crippen LogP contribution in [-0.4, -0.2) is 15.3 Å². The summed E-state index contributed by atoms with van der Waals surface area (Å²) in [5.41, 5.74) is 1.13. The SMILES string of the molecule is CCCCC(CC)CC(NCCC)c1cnsn1. The van der Waals surface area contributed by atoms with Gasteiger partial charge >= 0.3 is 0 Å². The van der Waals surface area contributed by atoms with Gasteiger partial charge in [-0.25, -0.2) is 0 Å². The molecule has 1 aromatic rings. The molecule has 104 valence electrons. The van der Waals surface area contributed by atoms with Gasteiger partial charge in [0.1, 0.15) is 0 Å². The molecule has 0 aromatic carbocycles. The van der Waals surface area contributed by atoms with E-state index in [0.717, 1.165) is 18.2 Å². The standard InChI is InChI=1S/C14H27N3S/c1-4-7-8-12(6-3)10-13(15-9-5-2)14-11-16-18-17-14/h11-13,15H,4-10H2,1-3H3. The maximum atomic E-state index is 4.41. The number of rotatable bonds is 10. The fourth-order valence-corrected chi connectivity index (χ4v) is 2.74. The first-order valence-corrected chi connectivity index (χ1v) is 8.05. The van der Waals surface area contributed by atoms with Gasteiger partial charge in [0, 0.05) is 0 Å². The summed E-state index contributed by atoms with van der Waals surface area (Å²) in [6.07, 6.45) is 9.53. The molecule has 0 saturated carbocycles. The van der Waals surface area contributed by atoms with Crippen LogP contribution in [0.4, 0.5) is 0 Å². The van der Waals surface area contributed by atoms with Crippen LogP contribution in [0.25, 0.3) is 0 Å². The number of aromatic nitrogens is 2. The Bertz CT molecular complexity index is 287. The molecular formula is C14H27N3S. The van der Waals surface area contributed by atoms with E-state index in [4.69, 9.17) is 0 Å². The van der Waals surface area contributed by atoms with E-state index in [1.807, 2.05) is 6.20 Å². The van der Waals surface area contributed by atoms with Crippen molar-refractivity contribution in [3.8, 4) is 0 Å². The summed E-state index contributed by atoms with van der Waals surface area (Å²) in [7, 11) is 0. The minimum absolute atomic E-state index is 0.394. The van der Waals surface area contributed by atoms with Crippen molar-refractivity contribution < 1.29 is 0 Å². The lowest BCUT2D eigenvalue weighted by molar-refractivity contribution is 0.350. The summed E-state index contributed by atoms with van der Waals surface area (Å²) >= 11 is 1.31. The van der Waals surface area contributed by atoms with Crippen LogP contribution in [0.2, 0.25) is 0 Å². The van der Waals surface area contributed by atoms with Gasteiger partial charge in [0.25, 0.3) is 0 Å². The molecular weight excluding hydrogens is 242 g/mol. The van der Waals surface area contributed by atoms with E-state index in [2.05, 4.69) is 34.8 Å². The van der Waals surface area contributed by atoms with Gasteiger partial charge in [0.2, 0.25) is 0 Å². The molecule has 18 heavy (non-hydrogen) atoms.